The minimum atomic E-state index is -1.36. The molecule has 1 aliphatic carbocycles. The van der Waals surface area contributed by atoms with Gasteiger partial charge in [-0.2, -0.15) is 0 Å². The summed E-state index contributed by atoms with van der Waals surface area (Å²) in [5, 5.41) is 1.37. The van der Waals surface area contributed by atoms with Gasteiger partial charge in [-0.1, -0.05) is 0 Å². The van der Waals surface area contributed by atoms with E-state index in [0.29, 0.717) is 5.69 Å². The van der Waals surface area contributed by atoms with Crippen LogP contribution >= 0.6 is 0 Å². The number of ketones is 1. The van der Waals surface area contributed by atoms with Crippen LogP contribution in [0.15, 0.2) is 0 Å². The second kappa shape index (κ2) is 4.72. The van der Waals surface area contributed by atoms with Crippen molar-refractivity contribution in [2.75, 3.05) is 18.7 Å². The number of ether oxygens (including phenoxy) is 1. The fraction of sp³-hybridized carbons (Fsp3) is 0.533. The Kier molecular flexibility index (Phi) is 3.11. The second-order valence-corrected chi connectivity index (χ2v) is 5.47. The van der Waals surface area contributed by atoms with Crippen LogP contribution in [0.4, 0.5) is 0 Å². The van der Waals surface area contributed by atoms with Crippen LogP contribution in [0.3, 0.4) is 0 Å². The number of aromatic nitrogens is 1. The summed E-state index contributed by atoms with van der Waals surface area (Å²) in [6, 6.07) is 0. The van der Waals surface area contributed by atoms with Gasteiger partial charge in [-0.15, -0.1) is 0 Å². The fourth-order valence-electron chi connectivity index (χ4n) is 3.42. The quantitative estimate of drug-likeness (QED) is 0.595. The minimum Gasteiger partial charge on any atom is -0.465 e. The molecule has 0 saturated heterocycles. The number of amides is 1. The SMILES string of the molecule is CCOC(=O)[C@H]1C(=O)c2c3c(c(C)n2N(C)C1=O)CCC3. The Morgan fingerprint density at radius 1 is 1.29 bits per heavy atom. The van der Waals surface area contributed by atoms with Crippen molar-refractivity contribution in [2.24, 2.45) is 5.92 Å². The molecule has 0 saturated carbocycles. The lowest BCUT2D eigenvalue weighted by Crippen LogP contribution is -2.53. The Morgan fingerprint density at radius 3 is 2.62 bits per heavy atom. The first-order chi connectivity index (χ1) is 9.99. The molecule has 0 bridgehead atoms. The van der Waals surface area contributed by atoms with E-state index in [2.05, 4.69) is 0 Å². The zero-order valence-electron chi connectivity index (χ0n) is 12.4. The molecular formula is C15H18N2O4. The maximum atomic E-state index is 12.7. The van der Waals surface area contributed by atoms with Gasteiger partial charge in [0, 0.05) is 12.7 Å². The molecule has 1 aromatic heterocycles. The number of rotatable bonds is 2. The zero-order chi connectivity index (χ0) is 15.3. The van der Waals surface area contributed by atoms with Gasteiger partial charge in [-0.05, 0) is 44.2 Å². The van der Waals surface area contributed by atoms with Gasteiger partial charge in [0.2, 0.25) is 11.7 Å². The van der Waals surface area contributed by atoms with E-state index in [4.69, 9.17) is 4.74 Å². The maximum Gasteiger partial charge on any atom is 0.326 e. The van der Waals surface area contributed by atoms with Crippen molar-refractivity contribution in [1.29, 1.82) is 0 Å². The lowest BCUT2D eigenvalue weighted by atomic mass is 9.96. The van der Waals surface area contributed by atoms with Gasteiger partial charge in [0.05, 0.1) is 6.61 Å². The zero-order valence-corrected chi connectivity index (χ0v) is 12.4. The van der Waals surface area contributed by atoms with Gasteiger partial charge >= 0.3 is 5.97 Å². The molecule has 0 fully saturated rings. The van der Waals surface area contributed by atoms with Crippen molar-refractivity contribution in [3.05, 3.63) is 22.5 Å². The van der Waals surface area contributed by atoms with Gasteiger partial charge in [0.25, 0.3) is 5.91 Å². The van der Waals surface area contributed by atoms with E-state index in [1.54, 1.807) is 18.6 Å². The number of carbonyl (C=O) groups excluding carboxylic acids is 3. The van der Waals surface area contributed by atoms with Gasteiger partial charge in [0.1, 0.15) is 5.69 Å². The van der Waals surface area contributed by atoms with Gasteiger partial charge in [-0.25, -0.2) is 0 Å². The highest BCUT2D eigenvalue weighted by molar-refractivity contribution is 6.26. The first-order valence-electron chi connectivity index (χ1n) is 7.20. The Balaban J connectivity index is 2.14. The molecule has 6 nitrogen and oxygen atoms in total. The first-order valence-corrected chi connectivity index (χ1v) is 7.20. The average Bonchev–Trinajstić information content (AvgIpc) is 2.99. The molecule has 2 heterocycles. The summed E-state index contributed by atoms with van der Waals surface area (Å²) < 4.78 is 6.55. The topological polar surface area (TPSA) is 68.6 Å². The number of esters is 1. The van der Waals surface area contributed by atoms with Crippen LogP contribution in [0.5, 0.6) is 0 Å². The molecule has 6 heteroatoms. The number of carbonyl (C=O) groups is 3. The third-order valence-corrected chi connectivity index (χ3v) is 4.35. The van der Waals surface area contributed by atoms with E-state index < -0.39 is 23.6 Å². The third kappa shape index (κ3) is 1.74. The molecule has 0 N–H and O–H groups in total. The standard InChI is InChI=1S/C15H18N2O4/c1-4-21-15(20)11-13(18)12-10-7-5-6-9(10)8(2)17(12)16(3)14(11)19/h11H,4-7H2,1-3H3/t11-/m0/s1. The third-order valence-electron chi connectivity index (χ3n) is 4.35. The molecule has 3 rings (SSSR count). The Bertz CT molecular complexity index is 659. The molecular weight excluding hydrogens is 272 g/mol. The van der Waals surface area contributed by atoms with E-state index in [1.807, 2.05) is 6.92 Å². The number of hydrogen-bond acceptors (Lipinski definition) is 4. The van der Waals surface area contributed by atoms with Crippen molar-refractivity contribution < 1.29 is 19.1 Å². The van der Waals surface area contributed by atoms with Crippen molar-refractivity contribution in [1.82, 2.24) is 4.68 Å². The molecule has 21 heavy (non-hydrogen) atoms. The second-order valence-electron chi connectivity index (χ2n) is 5.47. The van der Waals surface area contributed by atoms with Crippen molar-refractivity contribution in [3.8, 4) is 0 Å². The minimum absolute atomic E-state index is 0.151. The summed E-state index contributed by atoms with van der Waals surface area (Å²) in [4.78, 5) is 37.1. The lowest BCUT2D eigenvalue weighted by Gasteiger charge is -2.31. The van der Waals surface area contributed by atoms with E-state index in [9.17, 15) is 14.4 Å². The summed E-state index contributed by atoms with van der Waals surface area (Å²) in [5.41, 5.74) is 3.54. The smallest absolute Gasteiger partial charge is 0.326 e. The highest BCUT2D eigenvalue weighted by Gasteiger charge is 2.47. The highest BCUT2D eigenvalue weighted by Crippen LogP contribution is 2.35. The van der Waals surface area contributed by atoms with E-state index in [-0.39, 0.29) is 6.61 Å². The van der Waals surface area contributed by atoms with Crippen LogP contribution in [0.2, 0.25) is 0 Å². The van der Waals surface area contributed by atoms with Crippen LogP contribution in [-0.2, 0) is 27.2 Å². The van der Waals surface area contributed by atoms with Gasteiger partial charge in [-0.3, -0.25) is 24.1 Å². The van der Waals surface area contributed by atoms with Crippen LogP contribution in [0, 0.1) is 12.8 Å². The number of Topliss-reactive ketones (excluding diaryl/α,β-unsaturated/α-hetero) is 1. The lowest BCUT2D eigenvalue weighted by molar-refractivity contribution is -0.149. The van der Waals surface area contributed by atoms with Crippen LogP contribution < -0.4 is 5.01 Å². The van der Waals surface area contributed by atoms with Crippen molar-refractivity contribution in [2.45, 2.75) is 33.1 Å². The van der Waals surface area contributed by atoms with Crippen LogP contribution in [0.1, 0.15) is 40.7 Å². The molecule has 112 valence electrons. The summed E-state index contributed by atoms with van der Waals surface area (Å²) in [7, 11) is 1.59. The Morgan fingerprint density at radius 2 is 1.95 bits per heavy atom. The molecule has 1 amide bonds. The predicted molar refractivity (Wildman–Crippen MR) is 74.8 cm³/mol. The van der Waals surface area contributed by atoms with E-state index in [1.165, 1.54) is 5.01 Å². The monoisotopic (exact) mass is 290 g/mol. The summed E-state index contributed by atoms with van der Waals surface area (Å²) >= 11 is 0. The molecule has 0 spiro atoms. The molecule has 0 aromatic carbocycles. The van der Waals surface area contributed by atoms with Gasteiger partial charge < -0.3 is 4.74 Å². The predicted octanol–water partition coefficient (Wildman–Crippen LogP) is 0.755. The van der Waals surface area contributed by atoms with Crippen LogP contribution in [-0.4, -0.2) is 36.0 Å². The van der Waals surface area contributed by atoms with Crippen LogP contribution in [0.25, 0.3) is 0 Å². The fourth-order valence-corrected chi connectivity index (χ4v) is 3.42. The average molecular weight is 290 g/mol. The van der Waals surface area contributed by atoms with E-state index >= 15 is 0 Å². The molecule has 1 aliphatic heterocycles. The normalized spacial score (nSPS) is 20.5. The molecule has 0 unspecified atom stereocenters. The maximum absolute atomic E-state index is 12.7. The number of hydrogen-bond donors (Lipinski definition) is 0. The Hall–Kier alpha value is -2.11. The first kappa shape index (κ1) is 13.9. The number of fused-ring (bicyclic) bond motifs is 3. The molecule has 2 aliphatic rings. The summed E-state index contributed by atoms with van der Waals surface area (Å²) in [6.07, 6.45) is 2.75. The van der Waals surface area contributed by atoms with Gasteiger partial charge in [0.15, 0.2) is 0 Å². The highest BCUT2D eigenvalue weighted by atomic mass is 16.5. The largest absolute Gasteiger partial charge is 0.465 e. The van der Waals surface area contributed by atoms with Crippen molar-refractivity contribution >= 4 is 17.7 Å². The van der Waals surface area contributed by atoms with Crippen molar-refractivity contribution in [3.63, 3.8) is 0 Å². The molecule has 0 radical (unpaired) electrons. The number of nitrogens with zero attached hydrogens (tertiary/aromatic N) is 2. The summed E-state index contributed by atoms with van der Waals surface area (Å²) in [6.45, 7) is 3.72. The summed E-state index contributed by atoms with van der Waals surface area (Å²) in [5.74, 6) is -3.07. The molecule has 1 atom stereocenters. The molecule has 1 aromatic rings. The van der Waals surface area contributed by atoms with E-state index in [0.717, 1.165) is 36.1 Å². The Labute approximate surface area is 122 Å².